The van der Waals surface area contributed by atoms with E-state index >= 15 is 0 Å². The molecule has 1 aliphatic rings. The first-order valence-corrected chi connectivity index (χ1v) is 7.22. The average molecular weight is 236 g/mol. The quantitative estimate of drug-likeness (QED) is 0.581. The number of carbonyl (C=O) groups is 1. The predicted octanol–water partition coefficient (Wildman–Crippen LogP) is 1.70. The van der Waals surface area contributed by atoms with Crippen LogP contribution < -0.4 is 0 Å². The lowest BCUT2D eigenvalue weighted by atomic mass is 9.96. The highest BCUT2D eigenvalue weighted by Crippen LogP contribution is 2.43. The van der Waals surface area contributed by atoms with Crippen molar-refractivity contribution in [3.63, 3.8) is 0 Å². The zero-order valence-corrected chi connectivity index (χ0v) is 9.96. The molecular weight excluding hydrogens is 220 g/mol. The lowest BCUT2D eigenvalue weighted by Crippen LogP contribution is -2.34. The zero-order chi connectivity index (χ0) is 10.4. The molecule has 0 radical (unpaired) electrons. The van der Waals surface area contributed by atoms with Crippen molar-refractivity contribution in [2.24, 2.45) is 5.41 Å². The first kappa shape index (κ1) is 12.2. The second-order valence-electron chi connectivity index (χ2n) is 3.59. The second kappa shape index (κ2) is 5.88. The van der Waals surface area contributed by atoms with Gasteiger partial charge in [-0.05, 0) is 6.42 Å². The number of aliphatic hydroxyl groups is 1. The number of aliphatic hydroxyl groups excluding tert-OH is 1. The molecule has 0 spiro atoms. The van der Waals surface area contributed by atoms with Crippen LogP contribution in [0.15, 0.2) is 0 Å². The Bertz CT molecular complexity index is 190. The molecule has 1 fully saturated rings. The molecule has 1 aliphatic heterocycles. The van der Waals surface area contributed by atoms with E-state index in [-0.39, 0.29) is 18.0 Å². The summed E-state index contributed by atoms with van der Waals surface area (Å²) in [6, 6.07) is 0. The highest BCUT2D eigenvalue weighted by molar-refractivity contribution is 8.77. The highest BCUT2D eigenvalue weighted by atomic mass is 33.1. The lowest BCUT2D eigenvalue weighted by Gasteiger charge is -2.23. The van der Waals surface area contributed by atoms with Gasteiger partial charge in [-0.15, -0.1) is 0 Å². The van der Waals surface area contributed by atoms with E-state index in [4.69, 9.17) is 4.74 Å². The third kappa shape index (κ3) is 3.37. The van der Waals surface area contributed by atoms with E-state index in [0.717, 1.165) is 17.9 Å². The maximum Gasteiger partial charge on any atom is 0.305 e. The van der Waals surface area contributed by atoms with Gasteiger partial charge in [-0.2, -0.15) is 0 Å². The van der Waals surface area contributed by atoms with Crippen molar-refractivity contribution in [3.05, 3.63) is 0 Å². The van der Waals surface area contributed by atoms with E-state index in [1.807, 2.05) is 6.92 Å². The minimum atomic E-state index is -0.196. The molecule has 0 aromatic carbocycles. The van der Waals surface area contributed by atoms with E-state index in [9.17, 15) is 9.90 Å². The molecule has 1 saturated heterocycles. The fourth-order valence-corrected chi connectivity index (χ4v) is 4.45. The largest absolute Gasteiger partial charge is 0.465 e. The van der Waals surface area contributed by atoms with Crippen molar-refractivity contribution in [1.82, 2.24) is 0 Å². The Labute approximate surface area is 92.4 Å². The predicted molar refractivity (Wildman–Crippen MR) is 60.3 cm³/mol. The lowest BCUT2D eigenvalue weighted by molar-refractivity contribution is -0.147. The van der Waals surface area contributed by atoms with Crippen molar-refractivity contribution in [2.45, 2.75) is 19.8 Å². The number of ether oxygens (including phenoxy) is 1. The molecule has 0 unspecified atom stereocenters. The molecule has 0 aromatic rings. The van der Waals surface area contributed by atoms with Gasteiger partial charge in [0.05, 0.1) is 6.61 Å². The van der Waals surface area contributed by atoms with Gasteiger partial charge in [0.25, 0.3) is 0 Å². The van der Waals surface area contributed by atoms with Crippen LogP contribution in [0.5, 0.6) is 0 Å². The van der Waals surface area contributed by atoms with Crippen LogP contribution in [-0.2, 0) is 9.53 Å². The topological polar surface area (TPSA) is 46.5 Å². The third-order valence-corrected chi connectivity index (χ3v) is 4.98. The monoisotopic (exact) mass is 236 g/mol. The van der Waals surface area contributed by atoms with Crippen molar-refractivity contribution >= 4 is 27.6 Å². The summed E-state index contributed by atoms with van der Waals surface area (Å²) in [5.74, 6) is 1.59. The molecule has 3 nitrogen and oxygen atoms in total. The average Bonchev–Trinajstić information content (AvgIpc) is 2.65. The van der Waals surface area contributed by atoms with E-state index in [0.29, 0.717) is 13.0 Å². The smallest absolute Gasteiger partial charge is 0.305 e. The van der Waals surface area contributed by atoms with E-state index in [2.05, 4.69) is 0 Å². The highest BCUT2D eigenvalue weighted by Gasteiger charge is 2.36. The van der Waals surface area contributed by atoms with Crippen LogP contribution in [0.25, 0.3) is 0 Å². The van der Waals surface area contributed by atoms with Crippen LogP contribution in [0.2, 0.25) is 0 Å². The first-order chi connectivity index (χ1) is 6.72. The molecule has 0 aromatic heterocycles. The number of carbonyl (C=O) groups excluding carboxylic acids is 1. The Hall–Kier alpha value is 0.130. The van der Waals surface area contributed by atoms with Crippen molar-refractivity contribution < 1.29 is 14.6 Å². The summed E-state index contributed by atoms with van der Waals surface area (Å²) in [6.45, 7) is 2.42. The van der Waals surface area contributed by atoms with Gasteiger partial charge in [-0.1, -0.05) is 28.5 Å². The number of rotatable bonds is 5. The van der Waals surface area contributed by atoms with Crippen LogP contribution in [0.1, 0.15) is 19.8 Å². The fourth-order valence-electron chi connectivity index (χ4n) is 1.11. The second-order valence-corrected chi connectivity index (χ2v) is 6.06. The Morgan fingerprint density at radius 3 is 2.64 bits per heavy atom. The van der Waals surface area contributed by atoms with Crippen LogP contribution in [0, 0.1) is 5.41 Å². The normalized spacial score (nSPS) is 19.6. The summed E-state index contributed by atoms with van der Waals surface area (Å²) in [7, 11) is 3.47. The summed E-state index contributed by atoms with van der Waals surface area (Å²) in [5, 5.41) is 9.24. The van der Waals surface area contributed by atoms with E-state index in [1.54, 1.807) is 21.6 Å². The Balaban J connectivity index is 2.30. The van der Waals surface area contributed by atoms with Crippen LogP contribution in [-0.4, -0.2) is 35.8 Å². The molecule has 0 saturated carbocycles. The minimum Gasteiger partial charge on any atom is -0.465 e. The van der Waals surface area contributed by atoms with Crippen LogP contribution >= 0.6 is 21.6 Å². The summed E-state index contributed by atoms with van der Waals surface area (Å²) in [6.07, 6.45) is 1.29. The molecule has 0 bridgehead atoms. The Morgan fingerprint density at radius 1 is 1.50 bits per heavy atom. The van der Waals surface area contributed by atoms with Gasteiger partial charge in [0.1, 0.15) is 6.61 Å². The minimum absolute atomic E-state index is 0.104. The fraction of sp³-hybridized carbons (Fsp3) is 0.889. The molecule has 1 rings (SSSR count). The van der Waals surface area contributed by atoms with Crippen molar-refractivity contribution in [3.8, 4) is 0 Å². The van der Waals surface area contributed by atoms with E-state index in [1.165, 1.54) is 0 Å². The maximum atomic E-state index is 11.1. The molecule has 0 atom stereocenters. The summed E-state index contributed by atoms with van der Waals surface area (Å²) >= 11 is 0. The molecule has 1 N–H and O–H groups in total. The molecule has 0 aliphatic carbocycles. The Kier molecular flexibility index (Phi) is 5.12. The van der Waals surface area contributed by atoms with Crippen molar-refractivity contribution in [1.29, 1.82) is 0 Å². The Morgan fingerprint density at radius 2 is 2.14 bits per heavy atom. The van der Waals surface area contributed by atoms with Gasteiger partial charge < -0.3 is 9.84 Å². The van der Waals surface area contributed by atoms with Crippen molar-refractivity contribution in [2.75, 3.05) is 24.7 Å². The third-order valence-electron chi connectivity index (χ3n) is 2.14. The molecule has 5 heteroatoms. The SMILES string of the molecule is CCCC(=O)OCC1(CO)CSSC1. The van der Waals surface area contributed by atoms with E-state index < -0.39 is 0 Å². The zero-order valence-electron chi connectivity index (χ0n) is 8.32. The molecule has 14 heavy (non-hydrogen) atoms. The number of esters is 1. The molecule has 1 heterocycles. The molecule has 0 amide bonds. The standard InChI is InChI=1S/C9H16O3S2/c1-2-3-8(11)12-5-9(4-10)6-13-14-7-9/h10H,2-7H2,1H3. The van der Waals surface area contributed by atoms with Gasteiger partial charge in [-0.3, -0.25) is 4.79 Å². The summed E-state index contributed by atoms with van der Waals surface area (Å²) in [5.41, 5.74) is -0.196. The van der Waals surface area contributed by atoms with Gasteiger partial charge >= 0.3 is 5.97 Å². The molecular formula is C9H16O3S2. The maximum absolute atomic E-state index is 11.1. The van der Waals surface area contributed by atoms with Gasteiger partial charge in [-0.25, -0.2) is 0 Å². The van der Waals surface area contributed by atoms with Crippen LogP contribution in [0.3, 0.4) is 0 Å². The first-order valence-electron chi connectivity index (χ1n) is 4.73. The summed E-state index contributed by atoms with van der Waals surface area (Å²) in [4.78, 5) is 11.1. The van der Waals surface area contributed by atoms with Gasteiger partial charge in [0.2, 0.25) is 0 Å². The number of hydrogen-bond donors (Lipinski definition) is 1. The van der Waals surface area contributed by atoms with Gasteiger partial charge in [0, 0.05) is 23.3 Å². The molecule has 82 valence electrons. The summed E-state index contributed by atoms with van der Waals surface area (Å²) < 4.78 is 5.14. The van der Waals surface area contributed by atoms with Crippen LogP contribution in [0.4, 0.5) is 0 Å². The van der Waals surface area contributed by atoms with Gasteiger partial charge in [0.15, 0.2) is 0 Å². The number of hydrogen-bond acceptors (Lipinski definition) is 5.